The molecule has 1 aliphatic rings. The minimum atomic E-state index is -5.03. The quantitative estimate of drug-likeness (QED) is 0.681. The topological polar surface area (TPSA) is 38.8 Å². The minimum absolute atomic E-state index is 0.0220. The highest BCUT2D eigenvalue weighted by Gasteiger charge is 2.38. The summed E-state index contributed by atoms with van der Waals surface area (Å²) in [5.41, 5.74) is -3.81. The number of carbonyl (C=O) groups excluding carboxylic acids is 1. The highest BCUT2D eigenvalue weighted by Crippen LogP contribution is 2.36. The zero-order valence-electron chi connectivity index (χ0n) is 15.0. The van der Waals surface area contributed by atoms with Gasteiger partial charge in [-0.15, -0.1) is 0 Å². The molecule has 0 aromatic heterocycles. The second-order valence-corrected chi connectivity index (χ2v) is 6.48. The first-order valence-electron chi connectivity index (χ1n) is 8.38. The van der Waals surface area contributed by atoms with E-state index in [-0.39, 0.29) is 19.2 Å². The molecule has 1 atom stereocenters. The Morgan fingerprint density at radius 3 is 2.10 bits per heavy atom. The van der Waals surface area contributed by atoms with Crippen LogP contribution in [0.15, 0.2) is 42.5 Å². The van der Waals surface area contributed by atoms with E-state index in [0.717, 1.165) is 4.90 Å². The summed E-state index contributed by atoms with van der Waals surface area (Å²) in [6.07, 6.45) is -10.7. The van der Waals surface area contributed by atoms with Crippen LogP contribution in [0.2, 0.25) is 0 Å². The number of hydrogen-bond acceptors (Lipinski definition) is 3. The summed E-state index contributed by atoms with van der Waals surface area (Å²) in [5, 5.41) is 0. The van der Waals surface area contributed by atoms with E-state index in [0.29, 0.717) is 23.6 Å². The van der Waals surface area contributed by atoms with Gasteiger partial charge in [0.2, 0.25) is 0 Å². The molecule has 0 radical (unpaired) electrons. The summed E-state index contributed by atoms with van der Waals surface area (Å²) >= 11 is 0. The van der Waals surface area contributed by atoms with Crippen LogP contribution >= 0.6 is 0 Å². The highest BCUT2D eigenvalue weighted by molar-refractivity contribution is 5.94. The Bertz CT molecular complexity index is 877. The summed E-state index contributed by atoms with van der Waals surface area (Å²) in [7, 11) is 1.26. The van der Waals surface area contributed by atoms with Gasteiger partial charge in [-0.05, 0) is 30.3 Å². The van der Waals surface area contributed by atoms with Crippen LogP contribution in [0.5, 0.6) is 11.5 Å². The maximum atomic E-state index is 13.0. The Labute approximate surface area is 161 Å². The second kappa shape index (κ2) is 7.49. The predicted molar refractivity (Wildman–Crippen MR) is 89.8 cm³/mol. The lowest BCUT2D eigenvalue weighted by Gasteiger charge is -2.29. The zero-order valence-corrected chi connectivity index (χ0v) is 15.0. The molecule has 29 heavy (non-hydrogen) atoms. The molecule has 1 amide bonds. The van der Waals surface area contributed by atoms with Crippen molar-refractivity contribution < 1.29 is 40.6 Å². The predicted octanol–water partition coefficient (Wildman–Crippen LogP) is 4.64. The van der Waals surface area contributed by atoms with Crippen LogP contribution in [0.1, 0.15) is 21.5 Å². The molecule has 1 aliphatic heterocycles. The zero-order chi connectivity index (χ0) is 21.4. The van der Waals surface area contributed by atoms with Crippen molar-refractivity contribution in [3.63, 3.8) is 0 Å². The average molecular weight is 419 g/mol. The summed E-state index contributed by atoms with van der Waals surface area (Å²) in [4.78, 5) is 13.5. The molecule has 0 aliphatic carbocycles. The van der Waals surface area contributed by atoms with Crippen LogP contribution < -0.4 is 9.47 Å². The van der Waals surface area contributed by atoms with E-state index in [9.17, 15) is 31.1 Å². The van der Waals surface area contributed by atoms with E-state index in [1.54, 1.807) is 24.3 Å². The number of fused-ring (bicyclic) bond motifs is 1. The van der Waals surface area contributed by atoms with Crippen molar-refractivity contribution in [3.05, 3.63) is 59.2 Å². The maximum Gasteiger partial charge on any atom is 0.416 e. The highest BCUT2D eigenvalue weighted by atomic mass is 19.4. The van der Waals surface area contributed by atoms with Gasteiger partial charge >= 0.3 is 12.4 Å². The first-order chi connectivity index (χ1) is 13.4. The number of halogens is 6. The molecule has 0 saturated heterocycles. The molecule has 2 aromatic carbocycles. The second-order valence-electron chi connectivity index (χ2n) is 6.48. The fraction of sp³-hybridized carbons (Fsp3) is 0.316. The fourth-order valence-corrected chi connectivity index (χ4v) is 2.84. The third-order valence-electron chi connectivity index (χ3n) is 4.23. The van der Waals surface area contributed by atoms with Gasteiger partial charge in [-0.3, -0.25) is 4.79 Å². The van der Waals surface area contributed by atoms with Gasteiger partial charge in [-0.2, -0.15) is 26.3 Å². The Kier molecular flexibility index (Phi) is 5.38. The third-order valence-corrected chi connectivity index (χ3v) is 4.23. The van der Waals surface area contributed by atoms with Crippen molar-refractivity contribution in [2.75, 3.05) is 20.2 Å². The van der Waals surface area contributed by atoms with Gasteiger partial charge < -0.3 is 14.4 Å². The monoisotopic (exact) mass is 419 g/mol. The largest absolute Gasteiger partial charge is 0.486 e. The Balaban J connectivity index is 1.80. The number of alkyl halides is 6. The average Bonchev–Trinajstić information content (AvgIpc) is 2.65. The SMILES string of the molecule is CN(CC1COc2ccccc2O1)C(=O)c1cc(C(F)(F)F)cc(C(F)(F)F)c1. The molecule has 3 rings (SSSR count). The van der Waals surface area contributed by atoms with E-state index < -0.39 is 41.1 Å². The summed E-state index contributed by atoms with van der Waals surface area (Å²) < 4.78 is 89.1. The Morgan fingerprint density at radius 2 is 1.55 bits per heavy atom. The molecular weight excluding hydrogens is 404 g/mol. The first kappa shape index (κ1) is 20.8. The van der Waals surface area contributed by atoms with Crippen LogP contribution in [0.25, 0.3) is 0 Å². The number of ether oxygens (including phenoxy) is 2. The van der Waals surface area contributed by atoms with Crippen molar-refractivity contribution in [2.24, 2.45) is 0 Å². The molecule has 0 spiro atoms. The van der Waals surface area contributed by atoms with Gasteiger partial charge in [0.25, 0.3) is 5.91 Å². The van der Waals surface area contributed by atoms with E-state index >= 15 is 0 Å². The molecular formula is C19H15F6NO3. The van der Waals surface area contributed by atoms with E-state index in [4.69, 9.17) is 9.47 Å². The number of para-hydroxylation sites is 2. The third kappa shape index (κ3) is 4.75. The number of amides is 1. The summed E-state index contributed by atoms with van der Waals surface area (Å²) in [6.45, 7) is -0.0181. The molecule has 2 aromatic rings. The summed E-state index contributed by atoms with van der Waals surface area (Å²) in [6, 6.07) is 7.56. The first-order valence-corrected chi connectivity index (χ1v) is 8.38. The van der Waals surface area contributed by atoms with Gasteiger partial charge in [-0.1, -0.05) is 12.1 Å². The number of hydrogen-bond donors (Lipinski definition) is 0. The van der Waals surface area contributed by atoms with Crippen molar-refractivity contribution in [2.45, 2.75) is 18.5 Å². The Morgan fingerprint density at radius 1 is 1.00 bits per heavy atom. The van der Waals surface area contributed by atoms with Crippen molar-refractivity contribution in [1.29, 1.82) is 0 Å². The van der Waals surface area contributed by atoms with E-state index in [2.05, 4.69) is 0 Å². The van der Waals surface area contributed by atoms with Crippen LogP contribution in [0.4, 0.5) is 26.3 Å². The number of nitrogens with zero attached hydrogens (tertiary/aromatic N) is 1. The van der Waals surface area contributed by atoms with Gasteiger partial charge in [0.1, 0.15) is 6.61 Å². The lowest BCUT2D eigenvalue weighted by atomic mass is 10.0. The van der Waals surface area contributed by atoms with Crippen molar-refractivity contribution >= 4 is 5.91 Å². The summed E-state index contributed by atoms with van der Waals surface area (Å²) in [5.74, 6) is -0.0579. The molecule has 0 saturated carbocycles. The fourth-order valence-electron chi connectivity index (χ4n) is 2.84. The van der Waals surface area contributed by atoms with Gasteiger partial charge in [0.05, 0.1) is 17.7 Å². The molecule has 0 N–H and O–H groups in total. The lowest BCUT2D eigenvalue weighted by molar-refractivity contribution is -0.143. The molecule has 0 fully saturated rings. The van der Waals surface area contributed by atoms with Crippen LogP contribution in [0, 0.1) is 0 Å². The lowest BCUT2D eigenvalue weighted by Crippen LogP contribution is -2.41. The van der Waals surface area contributed by atoms with Crippen LogP contribution in [-0.2, 0) is 12.4 Å². The van der Waals surface area contributed by atoms with Crippen LogP contribution in [-0.4, -0.2) is 37.1 Å². The number of likely N-dealkylation sites (N-methyl/N-ethyl adjacent to an activating group) is 1. The van der Waals surface area contributed by atoms with Crippen LogP contribution in [0.3, 0.4) is 0 Å². The van der Waals surface area contributed by atoms with Crippen molar-refractivity contribution in [3.8, 4) is 11.5 Å². The van der Waals surface area contributed by atoms with E-state index in [1.165, 1.54) is 7.05 Å². The van der Waals surface area contributed by atoms with E-state index in [1.807, 2.05) is 0 Å². The number of benzene rings is 2. The van der Waals surface area contributed by atoms with Gasteiger partial charge in [-0.25, -0.2) is 0 Å². The van der Waals surface area contributed by atoms with Gasteiger partial charge in [0.15, 0.2) is 17.6 Å². The molecule has 1 unspecified atom stereocenters. The standard InChI is InChI=1S/C19H15F6NO3/c1-26(9-14-10-28-15-4-2-3-5-16(15)29-14)17(27)11-6-12(18(20,21)22)8-13(7-11)19(23,24)25/h2-8,14H,9-10H2,1H3. The smallest absolute Gasteiger partial charge is 0.416 e. The number of carbonyl (C=O) groups is 1. The molecule has 4 nitrogen and oxygen atoms in total. The number of rotatable bonds is 3. The minimum Gasteiger partial charge on any atom is -0.486 e. The maximum absolute atomic E-state index is 13.0. The molecule has 10 heteroatoms. The molecule has 1 heterocycles. The normalized spacial score (nSPS) is 16.4. The Hall–Kier alpha value is -2.91. The molecule has 156 valence electrons. The molecule has 0 bridgehead atoms. The van der Waals surface area contributed by atoms with Crippen molar-refractivity contribution in [1.82, 2.24) is 4.90 Å². The van der Waals surface area contributed by atoms with Gasteiger partial charge in [0, 0.05) is 12.6 Å².